The minimum absolute atomic E-state index is 0.701. The Balaban J connectivity index is 2.98. The highest BCUT2D eigenvalue weighted by atomic mass is 14.2. The van der Waals surface area contributed by atoms with Crippen molar-refractivity contribution in [1.82, 2.24) is 0 Å². The van der Waals surface area contributed by atoms with E-state index in [2.05, 4.69) is 39.5 Å². The maximum absolute atomic E-state index is 3.95. The zero-order valence-electron chi connectivity index (χ0n) is 7.65. The first kappa shape index (κ1) is 8.32. The normalized spacial score (nSPS) is 24.1. The first-order valence-electron chi connectivity index (χ1n) is 4.16. The zero-order valence-corrected chi connectivity index (χ0v) is 7.65. The van der Waals surface area contributed by atoms with Crippen LogP contribution in [0.4, 0.5) is 0 Å². The van der Waals surface area contributed by atoms with Crippen molar-refractivity contribution in [2.24, 2.45) is 5.92 Å². The van der Waals surface area contributed by atoms with Crippen LogP contribution in [0.5, 0.6) is 0 Å². The molecule has 0 aromatic carbocycles. The monoisotopic (exact) mass is 148 g/mol. The fourth-order valence-corrected chi connectivity index (χ4v) is 1.44. The molecule has 1 aliphatic rings. The minimum Gasteiger partial charge on any atom is -0.0955 e. The van der Waals surface area contributed by atoms with E-state index in [4.69, 9.17) is 0 Å². The average molecular weight is 148 g/mol. The van der Waals surface area contributed by atoms with Gasteiger partial charge in [0, 0.05) is 0 Å². The molecule has 0 fully saturated rings. The molecule has 0 bridgehead atoms. The molecule has 0 spiro atoms. The van der Waals surface area contributed by atoms with Crippen LogP contribution in [0.2, 0.25) is 0 Å². The summed E-state index contributed by atoms with van der Waals surface area (Å²) < 4.78 is 0. The van der Waals surface area contributed by atoms with E-state index >= 15 is 0 Å². The van der Waals surface area contributed by atoms with Gasteiger partial charge in [0.1, 0.15) is 0 Å². The van der Waals surface area contributed by atoms with E-state index in [9.17, 15) is 0 Å². The largest absolute Gasteiger partial charge is 0.0955 e. The quantitative estimate of drug-likeness (QED) is 0.534. The molecule has 60 valence electrons. The molecule has 1 aliphatic carbocycles. The van der Waals surface area contributed by atoms with Crippen LogP contribution >= 0.6 is 0 Å². The highest BCUT2D eigenvalue weighted by Crippen LogP contribution is 2.27. The van der Waals surface area contributed by atoms with Crippen molar-refractivity contribution in [3.05, 3.63) is 35.5 Å². The molecule has 0 heteroatoms. The van der Waals surface area contributed by atoms with Crippen molar-refractivity contribution in [2.45, 2.75) is 27.2 Å². The fourth-order valence-electron chi connectivity index (χ4n) is 1.44. The van der Waals surface area contributed by atoms with Gasteiger partial charge in [0.2, 0.25) is 0 Å². The summed E-state index contributed by atoms with van der Waals surface area (Å²) in [6.45, 7) is 10.5. The van der Waals surface area contributed by atoms with Gasteiger partial charge in [-0.2, -0.15) is 0 Å². The molecule has 0 aromatic rings. The SMILES string of the molecule is C=C(C)C1=C(C)C(C)CC=C1. The summed E-state index contributed by atoms with van der Waals surface area (Å²) in [4.78, 5) is 0. The Morgan fingerprint density at radius 3 is 2.73 bits per heavy atom. The van der Waals surface area contributed by atoms with Gasteiger partial charge in [-0.25, -0.2) is 0 Å². The van der Waals surface area contributed by atoms with Gasteiger partial charge in [-0.1, -0.05) is 36.8 Å². The standard InChI is InChI=1S/C11H16/c1-8(2)11-7-5-6-9(3)10(11)4/h5,7,9H,1,6H2,2-4H3. The summed E-state index contributed by atoms with van der Waals surface area (Å²) in [7, 11) is 0. The van der Waals surface area contributed by atoms with Gasteiger partial charge < -0.3 is 0 Å². The van der Waals surface area contributed by atoms with E-state index in [0.29, 0.717) is 5.92 Å². The lowest BCUT2D eigenvalue weighted by Crippen LogP contribution is -2.02. The number of hydrogen-bond acceptors (Lipinski definition) is 0. The smallest absolute Gasteiger partial charge is 0.0191 e. The predicted molar refractivity (Wildman–Crippen MR) is 50.4 cm³/mol. The van der Waals surface area contributed by atoms with Crippen LogP contribution in [0.25, 0.3) is 0 Å². The molecule has 0 saturated heterocycles. The topological polar surface area (TPSA) is 0 Å². The summed E-state index contributed by atoms with van der Waals surface area (Å²) >= 11 is 0. The van der Waals surface area contributed by atoms with Crippen LogP contribution in [-0.4, -0.2) is 0 Å². The molecule has 0 radical (unpaired) electrons. The summed E-state index contributed by atoms with van der Waals surface area (Å²) in [6, 6.07) is 0. The second-order valence-electron chi connectivity index (χ2n) is 3.42. The summed E-state index contributed by atoms with van der Waals surface area (Å²) in [6.07, 6.45) is 5.61. The lowest BCUT2D eigenvalue weighted by molar-refractivity contribution is 0.679. The summed E-state index contributed by atoms with van der Waals surface area (Å²) in [5.74, 6) is 0.701. The molecule has 0 nitrogen and oxygen atoms in total. The van der Waals surface area contributed by atoms with Gasteiger partial charge in [0.05, 0.1) is 0 Å². The van der Waals surface area contributed by atoms with Gasteiger partial charge in [-0.15, -0.1) is 0 Å². The Labute approximate surface area is 69.3 Å². The molecule has 0 saturated carbocycles. The van der Waals surface area contributed by atoms with Crippen LogP contribution in [0, 0.1) is 5.92 Å². The van der Waals surface area contributed by atoms with Crippen molar-refractivity contribution in [2.75, 3.05) is 0 Å². The van der Waals surface area contributed by atoms with Crippen LogP contribution in [0.1, 0.15) is 27.2 Å². The number of rotatable bonds is 1. The number of hydrogen-bond donors (Lipinski definition) is 0. The van der Waals surface area contributed by atoms with Crippen LogP contribution in [0.15, 0.2) is 35.5 Å². The maximum Gasteiger partial charge on any atom is -0.0191 e. The van der Waals surface area contributed by atoms with Crippen LogP contribution in [-0.2, 0) is 0 Å². The minimum atomic E-state index is 0.701. The van der Waals surface area contributed by atoms with Crippen molar-refractivity contribution in [1.29, 1.82) is 0 Å². The van der Waals surface area contributed by atoms with E-state index in [1.54, 1.807) is 0 Å². The second kappa shape index (κ2) is 3.08. The molecular formula is C11H16. The van der Waals surface area contributed by atoms with Crippen LogP contribution < -0.4 is 0 Å². The molecule has 0 heterocycles. The summed E-state index contributed by atoms with van der Waals surface area (Å²) in [5, 5.41) is 0. The zero-order chi connectivity index (χ0) is 8.43. The van der Waals surface area contributed by atoms with E-state index in [0.717, 1.165) is 0 Å². The van der Waals surface area contributed by atoms with Crippen molar-refractivity contribution >= 4 is 0 Å². The highest BCUT2D eigenvalue weighted by Gasteiger charge is 2.11. The third-order valence-electron chi connectivity index (χ3n) is 2.40. The van der Waals surface area contributed by atoms with E-state index in [-0.39, 0.29) is 0 Å². The van der Waals surface area contributed by atoms with Crippen molar-refractivity contribution in [3.8, 4) is 0 Å². The molecule has 0 aliphatic heterocycles. The Kier molecular flexibility index (Phi) is 2.33. The Morgan fingerprint density at radius 1 is 1.64 bits per heavy atom. The molecule has 1 unspecified atom stereocenters. The van der Waals surface area contributed by atoms with E-state index in [1.807, 2.05) is 0 Å². The Hall–Kier alpha value is -0.780. The first-order chi connectivity index (χ1) is 5.13. The lowest BCUT2D eigenvalue weighted by atomic mass is 9.87. The summed E-state index contributed by atoms with van der Waals surface area (Å²) in [5.41, 5.74) is 4.02. The van der Waals surface area contributed by atoms with E-state index in [1.165, 1.54) is 23.1 Å². The molecule has 11 heavy (non-hydrogen) atoms. The maximum atomic E-state index is 3.95. The van der Waals surface area contributed by atoms with Gasteiger partial charge >= 0.3 is 0 Å². The molecule has 1 atom stereocenters. The Morgan fingerprint density at radius 2 is 2.27 bits per heavy atom. The molecular weight excluding hydrogens is 132 g/mol. The third-order valence-corrected chi connectivity index (χ3v) is 2.40. The number of allylic oxidation sites excluding steroid dienone is 5. The van der Waals surface area contributed by atoms with Crippen LogP contribution in [0.3, 0.4) is 0 Å². The third kappa shape index (κ3) is 1.62. The second-order valence-corrected chi connectivity index (χ2v) is 3.42. The van der Waals surface area contributed by atoms with Gasteiger partial charge in [-0.05, 0) is 31.8 Å². The molecule has 1 rings (SSSR count). The van der Waals surface area contributed by atoms with Crippen molar-refractivity contribution < 1.29 is 0 Å². The molecule has 0 amide bonds. The first-order valence-corrected chi connectivity index (χ1v) is 4.16. The highest BCUT2D eigenvalue weighted by molar-refractivity contribution is 5.43. The van der Waals surface area contributed by atoms with Gasteiger partial charge in [0.15, 0.2) is 0 Å². The van der Waals surface area contributed by atoms with Gasteiger partial charge in [0.25, 0.3) is 0 Å². The van der Waals surface area contributed by atoms with Gasteiger partial charge in [-0.3, -0.25) is 0 Å². The predicted octanol–water partition coefficient (Wildman–Crippen LogP) is 3.48. The molecule has 0 N–H and O–H groups in total. The van der Waals surface area contributed by atoms with Crippen molar-refractivity contribution in [3.63, 3.8) is 0 Å². The Bertz CT molecular complexity index is 228. The molecule has 0 aromatic heterocycles. The lowest BCUT2D eigenvalue weighted by Gasteiger charge is -2.18. The van der Waals surface area contributed by atoms with E-state index < -0.39 is 0 Å². The average Bonchev–Trinajstić information content (AvgIpc) is 1.94. The fraction of sp³-hybridized carbons (Fsp3) is 0.455.